The van der Waals surface area contributed by atoms with Gasteiger partial charge >= 0.3 is 0 Å². The summed E-state index contributed by atoms with van der Waals surface area (Å²) in [7, 11) is 0.867. The summed E-state index contributed by atoms with van der Waals surface area (Å²) in [6, 6.07) is 3.30. The number of aromatic nitrogens is 1. The molecule has 2 heterocycles. The molecule has 3 rings (SSSR count). The minimum Gasteiger partial charge on any atom is -0.304 e. The predicted molar refractivity (Wildman–Crippen MR) is 86.0 cm³/mol. The van der Waals surface area contributed by atoms with Gasteiger partial charge < -0.3 is 4.90 Å². The SMILES string of the molecule is CN(C)C1(CC2CC2)CCN(S(=O)(=O)c2cccnc2)CC1. The smallest absolute Gasteiger partial charge is 0.244 e. The molecule has 0 radical (unpaired) electrons. The van der Waals surface area contributed by atoms with Crippen LogP contribution in [-0.4, -0.2) is 55.3 Å². The van der Waals surface area contributed by atoms with E-state index in [1.165, 1.54) is 25.5 Å². The third-order valence-electron chi connectivity index (χ3n) is 5.24. The number of hydrogen-bond donors (Lipinski definition) is 0. The minimum atomic E-state index is -3.40. The largest absolute Gasteiger partial charge is 0.304 e. The highest BCUT2D eigenvalue weighted by Crippen LogP contribution is 2.43. The van der Waals surface area contributed by atoms with Gasteiger partial charge in [-0.25, -0.2) is 8.42 Å². The van der Waals surface area contributed by atoms with E-state index in [-0.39, 0.29) is 5.54 Å². The summed E-state index contributed by atoms with van der Waals surface area (Å²) >= 11 is 0. The van der Waals surface area contributed by atoms with Crippen molar-refractivity contribution in [2.24, 2.45) is 5.92 Å². The Morgan fingerprint density at radius 1 is 1.32 bits per heavy atom. The molecular weight excluding hydrogens is 298 g/mol. The van der Waals surface area contributed by atoms with Crippen molar-refractivity contribution in [1.29, 1.82) is 0 Å². The number of nitrogens with zero attached hydrogens (tertiary/aromatic N) is 3. The lowest BCUT2D eigenvalue weighted by Gasteiger charge is -2.46. The summed E-state index contributed by atoms with van der Waals surface area (Å²) in [6.45, 7) is 1.20. The molecule has 1 saturated heterocycles. The van der Waals surface area contributed by atoms with Crippen molar-refractivity contribution in [3.63, 3.8) is 0 Å². The highest BCUT2D eigenvalue weighted by Gasteiger charge is 2.43. The highest BCUT2D eigenvalue weighted by atomic mass is 32.2. The van der Waals surface area contributed by atoms with Crippen LogP contribution >= 0.6 is 0 Å². The zero-order valence-electron chi connectivity index (χ0n) is 13.4. The summed E-state index contributed by atoms with van der Waals surface area (Å²) < 4.78 is 27.0. The van der Waals surface area contributed by atoms with Gasteiger partial charge in [0.25, 0.3) is 0 Å². The molecule has 1 aromatic heterocycles. The van der Waals surface area contributed by atoms with Gasteiger partial charge in [-0.15, -0.1) is 0 Å². The third kappa shape index (κ3) is 3.05. The lowest BCUT2D eigenvalue weighted by atomic mass is 9.82. The second-order valence-electron chi connectivity index (χ2n) is 6.86. The molecule has 2 fully saturated rings. The Labute approximate surface area is 133 Å². The second-order valence-corrected chi connectivity index (χ2v) is 8.80. The molecule has 122 valence electrons. The molecule has 0 amide bonds. The van der Waals surface area contributed by atoms with E-state index >= 15 is 0 Å². The van der Waals surface area contributed by atoms with Crippen molar-refractivity contribution in [2.75, 3.05) is 27.2 Å². The minimum absolute atomic E-state index is 0.169. The number of rotatable bonds is 5. The fourth-order valence-corrected chi connectivity index (χ4v) is 4.89. The van der Waals surface area contributed by atoms with Gasteiger partial charge in [-0.1, -0.05) is 12.8 Å². The molecule has 1 aliphatic heterocycles. The summed E-state index contributed by atoms with van der Waals surface area (Å²) in [5.74, 6) is 0.851. The van der Waals surface area contributed by atoms with Crippen LogP contribution in [0.3, 0.4) is 0 Å². The predicted octanol–water partition coefficient (Wildman–Crippen LogP) is 1.97. The molecule has 0 atom stereocenters. The zero-order chi connectivity index (χ0) is 15.8. The van der Waals surface area contributed by atoms with Gasteiger partial charge in [0.15, 0.2) is 0 Å². The standard InChI is InChI=1S/C16H25N3O2S/c1-18(2)16(12-14-5-6-14)7-10-19(11-8-16)22(20,21)15-4-3-9-17-13-15/h3-4,9,13-14H,5-8,10-12H2,1-2H3. The van der Waals surface area contributed by atoms with Crippen LogP contribution < -0.4 is 0 Å². The summed E-state index contributed by atoms with van der Waals surface area (Å²) in [5, 5.41) is 0. The van der Waals surface area contributed by atoms with E-state index in [9.17, 15) is 8.42 Å². The van der Waals surface area contributed by atoms with Crippen LogP contribution in [0.15, 0.2) is 29.4 Å². The Morgan fingerprint density at radius 3 is 2.50 bits per heavy atom. The van der Waals surface area contributed by atoms with E-state index in [0.717, 1.165) is 18.8 Å². The average Bonchev–Trinajstić information content (AvgIpc) is 3.32. The van der Waals surface area contributed by atoms with Gasteiger partial charge in [0.1, 0.15) is 4.90 Å². The molecule has 1 aromatic rings. The Morgan fingerprint density at radius 2 is 2.00 bits per heavy atom. The van der Waals surface area contributed by atoms with E-state index < -0.39 is 10.0 Å². The molecule has 1 aliphatic carbocycles. The molecule has 22 heavy (non-hydrogen) atoms. The lowest BCUT2D eigenvalue weighted by molar-refractivity contribution is 0.0696. The summed E-state index contributed by atoms with van der Waals surface area (Å²) in [5.41, 5.74) is 0.169. The molecule has 5 nitrogen and oxygen atoms in total. The third-order valence-corrected chi connectivity index (χ3v) is 7.12. The maximum atomic E-state index is 12.7. The highest BCUT2D eigenvalue weighted by molar-refractivity contribution is 7.89. The lowest BCUT2D eigenvalue weighted by Crippen LogP contribution is -2.54. The van der Waals surface area contributed by atoms with E-state index in [1.807, 2.05) is 0 Å². The fraction of sp³-hybridized carbons (Fsp3) is 0.688. The van der Waals surface area contributed by atoms with Crippen LogP contribution in [0.25, 0.3) is 0 Å². The number of hydrogen-bond acceptors (Lipinski definition) is 4. The first-order valence-corrected chi connectivity index (χ1v) is 9.46. The average molecular weight is 323 g/mol. The van der Waals surface area contributed by atoms with E-state index in [1.54, 1.807) is 22.6 Å². The molecule has 0 aromatic carbocycles. The normalized spacial score (nSPS) is 22.9. The van der Waals surface area contributed by atoms with Crippen molar-refractivity contribution < 1.29 is 8.42 Å². The maximum Gasteiger partial charge on any atom is 0.244 e. The molecule has 0 N–H and O–H groups in total. The van der Waals surface area contributed by atoms with Gasteiger partial charge in [-0.2, -0.15) is 4.31 Å². The topological polar surface area (TPSA) is 53.5 Å². The van der Waals surface area contributed by atoms with Gasteiger partial charge in [-0.3, -0.25) is 4.98 Å². The van der Waals surface area contributed by atoms with Crippen molar-refractivity contribution in [3.05, 3.63) is 24.5 Å². The van der Waals surface area contributed by atoms with E-state index in [4.69, 9.17) is 0 Å². The summed E-state index contributed by atoms with van der Waals surface area (Å²) in [6.07, 6.45) is 8.75. The monoisotopic (exact) mass is 323 g/mol. The first kappa shape index (κ1) is 15.9. The van der Waals surface area contributed by atoms with E-state index in [2.05, 4.69) is 24.0 Å². The van der Waals surface area contributed by atoms with Gasteiger partial charge in [-0.05, 0) is 51.4 Å². The molecule has 2 aliphatic rings. The Balaban J connectivity index is 1.73. The molecule has 0 bridgehead atoms. The van der Waals surface area contributed by atoms with Crippen molar-refractivity contribution in [1.82, 2.24) is 14.2 Å². The number of pyridine rings is 1. The molecule has 0 unspecified atom stereocenters. The summed E-state index contributed by atoms with van der Waals surface area (Å²) in [4.78, 5) is 6.56. The van der Waals surface area contributed by atoms with Crippen LogP contribution in [0.2, 0.25) is 0 Å². The Kier molecular flexibility index (Phi) is 4.27. The Bertz CT molecular complexity index is 604. The van der Waals surface area contributed by atoms with Gasteiger partial charge in [0.2, 0.25) is 10.0 Å². The second kappa shape index (κ2) is 5.91. The van der Waals surface area contributed by atoms with Crippen LogP contribution in [-0.2, 0) is 10.0 Å². The van der Waals surface area contributed by atoms with Crippen LogP contribution in [0, 0.1) is 5.92 Å². The first-order valence-electron chi connectivity index (χ1n) is 8.02. The number of sulfonamides is 1. The van der Waals surface area contributed by atoms with Crippen LogP contribution in [0.5, 0.6) is 0 Å². The molecule has 1 saturated carbocycles. The van der Waals surface area contributed by atoms with Crippen molar-refractivity contribution in [3.8, 4) is 0 Å². The van der Waals surface area contributed by atoms with Crippen molar-refractivity contribution in [2.45, 2.75) is 42.5 Å². The first-order chi connectivity index (χ1) is 10.4. The van der Waals surface area contributed by atoms with Gasteiger partial charge in [0.05, 0.1) is 0 Å². The van der Waals surface area contributed by atoms with Crippen LogP contribution in [0.4, 0.5) is 0 Å². The van der Waals surface area contributed by atoms with Crippen molar-refractivity contribution >= 4 is 10.0 Å². The fourth-order valence-electron chi connectivity index (χ4n) is 3.48. The maximum absolute atomic E-state index is 12.7. The Hall–Kier alpha value is -0.980. The van der Waals surface area contributed by atoms with Crippen LogP contribution in [0.1, 0.15) is 32.1 Å². The molecular formula is C16H25N3O2S. The molecule has 6 heteroatoms. The van der Waals surface area contributed by atoms with E-state index in [0.29, 0.717) is 18.0 Å². The quantitative estimate of drug-likeness (QED) is 0.831. The zero-order valence-corrected chi connectivity index (χ0v) is 14.2. The van der Waals surface area contributed by atoms with Gasteiger partial charge in [0, 0.05) is 31.0 Å². The molecule has 0 spiro atoms. The number of piperidine rings is 1.